The third-order valence-corrected chi connectivity index (χ3v) is 2.19. The summed E-state index contributed by atoms with van der Waals surface area (Å²) in [4.78, 5) is 3.96. The summed E-state index contributed by atoms with van der Waals surface area (Å²) in [7, 11) is 0. The molecule has 2 heterocycles. The lowest BCUT2D eigenvalue weighted by atomic mass is 9.93. The normalized spacial score (nSPS) is 11.7. The van der Waals surface area contributed by atoms with Gasteiger partial charge in [0.15, 0.2) is 0 Å². The molecule has 15 heavy (non-hydrogen) atoms. The van der Waals surface area contributed by atoms with Crippen molar-refractivity contribution in [3.8, 4) is 5.69 Å². The number of nitrogens with zero attached hydrogens (tertiary/aromatic N) is 4. The number of hydrogen-bond donors (Lipinski definition) is 0. The molecule has 0 unspecified atom stereocenters. The van der Waals surface area contributed by atoms with Crippen LogP contribution in [-0.2, 0) is 5.41 Å². The van der Waals surface area contributed by atoms with Crippen molar-refractivity contribution in [3.63, 3.8) is 0 Å². The highest BCUT2D eigenvalue weighted by molar-refractivity contribution is 5.28. The van der Waals surface area contributed by atoms with Crippen LogP contribution in [0.25, 0.3) is 5.69 Å². The fraction of sp³-hybridized carbons (Fsp3) is 0.364. The van der Waals surface area contributed by atoms with Crippen LogP contribution < -0.4 is 0 Å². The highest BCUT2D eigenvalue weighted by Gasteiger charge is 2.17. The van der Waals surface area contributed by atoms with Crippen LogP contribution in [0.3, 0.4) is 0 Å². The molecule has 0 aliphatic heterocycles. The van der Waals surface area contributed by atoms with Crippen LogP contribution in [0.4, 0.5) is 0 Å². The Kier molecular flexibility index (Phi) is 2.26. The number of aromatic nitrogens is 4. The van der Waals surface area contributed by atoms with Crippen molar-refractivity contribution >= 4 is 0 Å². The van der Waals surface area contributed by atoms with Crippen molar-refractivity contribution in [2.24, 2.45) is 0 Å². The lowest BCUT2D eigenvalue weighted by Crippen LogP contribution is -2.11. The van der Waals surface area contributed by atoms with E-state index in [2.05, 4.69) is 36.1 Å². The van der Waals surface area contributed by atoms with E-state index in [1.165, 1.54) is 0 Å². The van der Waals surface area contributed by atoms with Crippen LogP contribution in [0.2, 0.25) is 0 Å². The van der Waals surface area contributed by atoms with Gasteiger partial charge in [0.05, 0.1) is 17.6 Å². The molecule has 4 nitrogen and oxygen atoms in total. The second-order valence-electron chi connectivity index (χ2n) is 4.50. The van der Waals surface area contributed by atoms with Crippen molar-refractivity contribution in [1.82, 2.24) is 20.0 Å². The molecule has 0 saturated carbocycles. The second-order valence-corrected chi connectivity index (χ2v) is 4.50. The van der Waals surface area contributed by atoms with E-state index in [4.69, 9.17) is 0 Å². The fourth-order valence-corrected chi connectivity index (χ4v) is 1.23. The molecule has 0 radical (unpaired) electrons. The standard InChI is InChI=1S/C11H14N4/c1-11(2,3)10-8-15(14-13-10)9-4-6-12-7-5-9/h4-8H,1-3H3. The first-order valence-corrected chi connectivity index (χ1v) is 4.90. The Morgan fingerprint density at radius 1 is 1.13 bits per heavy atom. The minimum Gasteiger partial charge on any atom is -0.265 e. The van der Waals surface area contributed by atoms with Crippen molar-refractivity contribution in [3.05, 3.63) is 36.4 Å². The molecule has 0 aliphatic rings. The maximum atomic E-state index is 4.16. The van der Waals surface area contributed by atoms with Gasteiger partial charge in [-0.3, -0.25) is 4.98 Å². The van der Waals surface area contributed by atoms with E-state index in [1.54, 1.807) is 17.1 Å². The van der Waals surface area contributed by atoms with Crippen molar-refractivity contribution in [1.29, 1.82) is 0 Å². The van der Waals surface area contributed by atoms with Gasteiger partial charge in [0.1, 0.15) is 0 Å². The molecule has 2 rings (SSSR count). The van der Waals surface area contributed by atoms with Crippen molar-refractivity contribution < 1.29 is 0 Å². The number of hydrogen-bond acceptors (Lipinski definition) is 3. The van der Waals surface area contributed by atoms with Gasteiger partial charge < -0.3 is 0 Å². The van der Waals surface area contributed by atoms with Crippen LogP contribution >= 0.6 is 0 Å². The van der Waals surface area contributed by atoms with E-state index >= 15 is 0 Å². The molecular formula is C11H14N4. The van der Waals surface area contributed by atoms with Crippen LogP contribution in [-0.4, -0.2) is 20.0 Å². The summed E-state index contributed by atoms with van der Waals surface area (Å²) in [6.07, 6.45) is 5.44. The lowest BCUT2D eigenvalue weighted by Gasteiger charge is -2.12. The summed E-state index contributed by atoms with van der Waals surface area (Å²) in [6, 6.07) is 3.81. The van der Waals surface area contributed by atoms with Gasteiger partial charge in [-0.25, -0.2) is 4.68 Å². The summed E-state index contributed by atoms with van der Waals surface area (Å²) >= 11 is 0. The van der Waals surface area contributed by atoms with E-state index in [9.17, 15) is 0 Å². The average molecular weight is 202 g/mol. The van der Waals surface area contributed by atoms with Crippen molar-refractivity contribution in [2.45, 2.75) is 26.2 Å². The maximum absolute atomic E-state index is 4.16. The van der Waals surface area contributed by atoms with E-state index in [-0.39, 0.29) is 5.41 Å². The highest BCUT2D eigenvalue weighted by Crippen LogP contribution is 2.19. The van der Waals surface area contributed by atoms with Crippen LogP contribution in [0.15, 0.2) is 30.7 Å². The third-order valence-electron chi connectivity index (χ3n) is 2.19. The molecule has 0 N–H and O–H groups in total. The predicted molar refractivity (Wildman–Crippen MR) is 57.9 cm³/mol. The summed E-state index contributed by atoms with van der Waals surface area (Å²) in [6.45, 7) is 6.36. The summed E-state index contributed by atoms with van der Waals surface area (Å²) in [5.41, 5.74) is 2.00. The zero-order valence-corrected chi connectivity index (χ0v) is 9.18. The largest absolute Gasteiger partial charge is 0.265 e. The molecule has 0 fully saturated rings. The Bertz CT molecular complexity index is 439. The molecule has 0 aliphatic carbocycles. The topological polar surface area (TPSA) is 43.6 Å². The van der Waals surface area contributed by atoms with Gasteiger partial charge in [0.25, 0.3) is 0 Å². The monoisotopic (exact) mass is 202 g/mol. The van der Waals surface area contributed by atoms with Gasteiger partial charge in [0, 0.05) is 17.8 Å². The molecule has 4 heteroatoms. The predicted octanol–water partition coefficient (Wildman–Crippen LogP) is 1.96. The van der Waals surface area contributed by atoms with Crippen LogP contribution in [0.5, 0.6) is 0 Å². The van der Waals surface area contributed by atoms with Crippen molar-refractivity contribution in [2.75, 3.05) is 0 Å². The first-order chi connectivity index (χ1) is 7.07. The quantitative estimate of drug-likeness (QED) is 0.710. The van der Waals surface area contributed by atoms with Gasteiger partial charge in [0.2, 0.25) is 0 Å². The van der Waals surface area contributed by atoms with Crippen LogP contribution in [0, 0.1) is 0 Å². The summed E-state index contributed by atoms with van der Waals surface area (Å²) in [5, 5.41) is 8.25. The SMILES string of the molecule is CC(C)(C)c1cn(-c2ccncc2)nn1. The molecule has 0 aromatic carbocycles. The zero-order valence-electron chi connectivity index (χ0n) is 9.18. The van der Waals surface area contributed by atoms with Gasteiger partial charge in [-0.15, -0.1) is 5.10 Å². The molecular weight excluding hydrogens is 188 g/mol. The second kappa shape index (κ2) is 3.46. The minimum absolute atomic E-state index is 0.0330. The molecule has 0 amide bonds. The lowest BCUT2D eigenvalue weighted by molar-refractivity contribution is 0.566. The molecule has 0 atom stereocenters. The average Bonchev–Trinajstić information content (AvgIpc) is 2.67. The smallest absolute Gasteiger partial charge is 0.0885 e. The first kappa shape index (κ1) is 9.83. The van der Waals surface area contributed by atoms with E-state index < -0.39 is 0 Å². The molecule has 2 aromatic heterocycles. The van der Waals surface area contributed by atoms with Crippen LogP contribution in [0.1, 0.15) is 26.5 Å². The molecule has 78 valence electrons. The maximum Gasteiger partial charge on any atom is 0.0885 e. The number of pyridine rings is 1. The van der Waals surface area contributed by atoms with E-state index in [1.807, 2.05) is 18.3 Å². The molecule has 2 aromatic rings. The van der Waals surface area contributed by atoms with Gasteiger partial charge in [-0.05, 0) is 12.1 Å². The Labute approximate surface area is 89.0 Å². The molecule has 0 spiro atoms. The Morgan fingerprint density at radius 3 is 2.33 bits per heavy atom. The van der Waals surface area contributed by atoms with E-state index in [0.29, 0.717) is 0 Å². The minimum atomic E-state index is 0.0330. The van der Waals surface area contributed by atoms with Gasteiger partial charge in [-0.1, -0.05) is 26.0 Å². The van der Waals surface area contributed by atoms with Gasteiger partial charge >= 0.3 is 0 Å². The molecule has 0 saturated heterocycles. The number of rotatable bonds is 1. The summed E-state index contributed by atoms with van der Waals surface area (Å²) < 4.78 is 1.77. The Balaban J connectivity index is 2.37. The Morgan fingerprint density at radius 2 is 1.80 bits per heavy atom. The third kappa shape index (κ3) is 2.03. The summed E-state index contributed by atoms with van der Waals surface area (Å²) in [5.74, 6) is 0. The molecule has 0 bridgehead atoms. The van der Waals surface area contributed by atoms with Gasteiger partial charge in [-0.2, -0.15) is 0 Å². The fourth-order valence-electron chi connectivity index (χ4n) is 1.23. The first-order valence-electron chi connectivity index (χ1n) is 4.90. The Hall–Kier alpha value is -1.71. The highest BCUT2D eigenvalue weighted by atomic mass is 15.4. The zero-order chi connectivity index (χ0) is 10.9. The van der Waals surface area contributed by atoms with E-state index in [0.717, 1.165) is 11.4 Å².